The number of hydrogen-bond acceptors (Lipinski definition) is 4. The molecule has 0 fully saturated rings. The van der Waals surface area contributed by atoms with Gasteiger partial charge in [-0.1, -0.05) is 26.0 Å². The summed E-state index contributed by atoms with van der Waals surface area (Å²) in [5, 5.41) is 3.01. The van der Waals surface area contributed by atoms with Crippen molar-refractivity contribution in [3.8, 4) is 11.5 Å². The minimum absolute atomic E-state index is 0.00596. The summed E-state index contributed by atoms with van der Waals surface area (Å²) in [7, 11) is 1.62. The highest BCUT2D eigenvalue weighted by molar-refractivity contribution is 5.94. The van der Waals surface area contributed by atoms with Gasteiger partial charge in [0.15, 0.2) is 12.4 Å². The lowest BCUT2D eigenvalue weighted by Gasteiger charge is -2.23. The van der Waals surface area contributed by atoms with Crippen molar-refractivity contribution in [1.29, 1.82) is 0 Å². The molecule has 1 atom stereocenters. The van der Waals surface area contributed by atoms with Crippen LogP contribution in [-0.4, -0.2) is 25.4 Å². The summed E-state index contributed by atoms with van der Waals surface area (Å²) < 4.78 is 10.7. The Morgan fingerprint density at radius 1 is 0.962 bits per heavy atom. The van der Waals surface area contributed by atoms with E-state index in [1.54, 1.807) is 31.4 Å². The molecule has 2 aromatic rings. The molecule has 2 rings (SSSR count). The van der Waals surface area contributed by atoms with Crippen molar-refractivity contribution in [3.63, 3.8) is 0 Å². The predicted octanol–water partition coefficient (Wildman–Crippen LogP) is 3.79. The predicted molar refractivity (Wildman–Crippen MR) is 101 cm³/mol. The summed E-state index contributed by atoms with van der Waals surface area (Å²) in [6.07, 6.45) is 0. The van der Waals surface area contributed by atoms with Gasteiger partial charge in [-0.25, -0.2) is 0 Å². The molecule has 5 heteroatoms. The summed E-state index contributed by atoms with van der Waals surface area (Å²) in [5.41, 5.74) is 1.63. The van der Waals surface area contributed by atoms with Gasteiger partial charge in [-0.3, -0.25) is 9.59 Å². The topological polar surface area (TPSA) is 64.6 Å². The van der Waals surface area contributed by atoms with E-state index in [0.717, 1.165) is 11.3 Å². The molecule has 2 aromatic carbocycles. The van der Waals surface area contributed by atoms with Crippen LogP contribution in [0.3, 0.4) is 0 Å². The molecular weight excluding hydrogens is 330 g/mol. The quantitative estimate of drug-likeness (QED) is 0.732. The molecule has 0 saturated heterocycles. The van der Waals surface area contributed by atoms with Crippen molar-refractivity contribution in [2.24, 2.45) is 5.92 Å². The Morgan fingerprint density at radius 3 is 2.04 bits per heavy atom. The molecule has 0 aliphatic carbocycles. The fourth-order valence-electron chi connectivity index (χ4n) is 2.60. The lowest BCUT2D eigenvalue weighted by atomic mass is 9.96. The van der Waals surface area contributed by atoms with Gasteiger partial charge in [0.25, 0.3) is 5.91 Å². The van der Waals surface area contributed by atoms with Gasteiger partial charge in [-0.2, -0.15) is 0 Å². The zero-order valence-electron chi connectivity index (χ0n) is 15.6. The van der Waals surface area contributed by atoms with Crippen LogP contribution in [0.25, 0.3) is 0 Å². The SMILES string of the molecule is COc1ccc(C(NC(=O)COc2ccc(C(C)=O)cc2)C(C)C)cc1. The van der Waals surface area contributed by atoms with Crippen LogP contribution >= 0.6 is 0 Å². The van der Waals surface area contributed by atoms with E-state index in [-0.39, 0.29) is 30.3 Å². The van der Waals surface area contributed by atoms with E-state index >= 15 is 0 Å². The maximum Gasteiger partial charge on any atom is 0.258 e. The summed E-state index contributed by atoms with van der Waals surface area (Å²) in [6.45, 7) is 5.53. The number of ketones is 1. The fourth-order valence-corrected chi connectivity index (χ4v) is 2.60. The Labute approximate surface area is 154 Å². The van der Waals surface area contributed by atoms with Crippen LogP contribution in [0.4, 0.5) is 0 Å². The van der Waals surface area contributed by atoms with E-state index in [9.17, 15) is 9.59 Å². The highest BCUT2D eigenvalue weighted by Gasteiger charge is 2.18. The van der Waals surface area contributed by atoms with E-state index in [2.05, 4.69) is 19.2 Å². The number of carbonyl (C=O) groups is 2. The van der Waals surface area contributed by atoms with Crippen LogP contribution in [0, 0.1) is 5.92 Å². The smallest absolute Gasteiger partial charge is 0.258 e. The lowest BCUT2D eigenvalue weighted by Crippen LogP contribution is -2.35. The van der Waals surface area contributed by atoms with Gasteiger partial charge >= 0.3 is 0 Å². The molecule has 26 heavy (non-hydrogen) atoms. The minimum atomic E-state index is -0.199. The Kier molecular flexibility index (Phi) is 6.78. The molecule has 0 saturated carbocycles. The summed E-state index contributed by atoms with van der Waals surface area (Å²) in [5.74, 6) is 1.35. The van der Waals surface area contributed by atoms with E-state index in [1.807, 2.05) is 24.3 Å². The fraction of sp³-hybridized carbons (Fsp3) is 0.333. The molecule has 0 bridgehead atoms. The lowest BCUT2D eigenvalue weighted by molar-refractivity contribution is -0.124. The first-order valence-electron chi connectivity index (χ1n) is 8.58. The zero-order chi connectivity index (χ0) is 19.1. The number of carbonyl (C=O) groups excluding carboxylic acids is 2. The van der Waals surface area contributed by atoms with Gasteiger partial charge in [0.05, 0.1) is 13.2 Å². The number of rotatable bonds is 8. The molecule has 0 aliphatic heterocycles. The van der Waals surface area contributed by atoms with Crippen LogP contribution < -0.4 is 14.8 Å². The monoisotopic (exact) mass is 355 g/mol. The Bertz CT molecular complexity index is 736. The molecule has 1 N–H and O–H groups in total. The molecule has 0 heterocycles. The summed E-state index contributed by atoms with van der Waals surface area (Å²) in [4.78, 5) is 23.6. The number of benzene rings is 2. The third-order valence-corrected chi connectivity index (χ3v) is 4.09. The normalized spacial score (nSPS) is 11.7. The van der Waals surface area contributed by atoms with Crippen molar-refractivity contribution < 1.29 is 19.1 Å². The van der Waals surface area contributed by atoms with E-state index in [1.165, 1.54) is 6.92 Å². The minimum Gasteiger partial charge on any atom is -0.497 e. The average Bonchev–Trinajstić information content (AvgIpc) is 2.64. The van der Waals surface area contributed by atoms with Crippen molar-refractivity contribution in [2.45, 2.75) is 26.8 Å². The third kappa shape index (κ3) is 5.34. The van der Waals surface area contributed by atoms with E-state index in [4.69, 9.17) is 9.47 Å². The zero-order valence-corrected chi connectivity index (χ0v) is 15.6. The number of methoxy groups -OCH3 is 1. The van der Waals surface area contributed by atoms with Gasteiger partial charge in [0, 0.05) is 5.56 Å². The second kappa shape index (κ2) is 9.04. The average molecular weight is 355 g/mol. The molecule has 0 aromatic heterocycles. The molecule has 0 aliphatic rings. The molecular formula is C21H25NO4. The van der Waals surface area contributed by atoms with E-state index < -0.39 is 0 Å². The first kappa shape index (κ1) is 19.5. The van der Waals surface area contributed by atoms with Crippen molar-refractivity contribution in [1.82, 2.24) is 5.32 Å². The van der Waals surface area contributed by atoms with Gasteiger partial charge < -0.3 is 14.8 Å². The first-order chi connectivity index (χ1) is 12.4. The van der Waals surface area contributed by atoms with Crippen molar-refractivity contribution in [3.05, 3.63) is 59.7 Å². The van der Waals surface area contributed by atoms with Gasteiger partial charge in [-0.05, 0) is 54.8 Å². The molecule has 1 unspecified atom stereocenters. The van der Waals surface area contributed by atoms with Crippen LogP contribution in [0.5, 0.6) is 11.5 Å². The standard InChI is InChI=1S/C21H25NO4/c1-14(2)21(17-7-9-18(25-4)10-8-17)22-20(24)13-26-19-11-5-16(6-12-19)15(3)23/h5-12,14,21H,13H2,1-4H3,(H,22,24). The van der Waals surface area contributed by atoms with Gasteiger partial charge in [-0.15, -0.1) is 0 Å². The molecule has 5 nitrogen and oxygen atoms in total. The number of Topliss-reactive ketones (excluding diaryl/α,β-unsaturated/α-hetero) is 1. The third-order valence-electron chi connectivity index (χ3n) is 4.09. The largest absolute Gasteiger partial charge is 0.497 e. The number of nitrogens with one attached hydrogen (secondary N) is 1. The van der Waals surface area contributed by atoms with E-state index in [0.29, 0.717) is 11.3 Å². The second-order valence-electron chi connectivity index (χ2n) is 6.43. The maximum absolute atomic E-state index is 12.3. The number of ether oxygens (including phenoxy) is 2. The molecule has 138 valence electrons. The van der Waals surface area contributed by atoms with Crippen LogP contribution in [-0.2, 0) is 4.79 Å². The molecule has 0 radical (unpaired) electrons. The Balaban J connectivity index is 1.95. The van der Waals surface area contributed by atoms with Gasteiger partial charge in [0.2, 0.25) is 0 Å². The maximum atomic E-state index is 12.3. The van der Waals surface area contributed by atoms with Crippen molar-refractivity contribution >= 4 is 11.7 Å². The summed E-state index contributed by atoms with van der Waals surface area (Å²) in [6, 6.07) is 14.3. The molecule has 1 amide bonds. The number of amides is 1. The highest BCUT2D eigenvalue weighted by atomic mass is 16.5. The first-order valence-corrected chi connectivity index (χ1v) is 8.58. The van der Waals surface area contributed by atoms with Gasteiger partial charge in [0.1, 0.15) is 11.5 Å². The molecule has 0 spiro atoms. The second-order valence-corrected chi connectivity index (χ2v) is 6.43. The van der Waals surface area contributed by atoms with Crippen LogP contribution in [0.15, 0.2) is 48.5 Å². The summed E-state index contributed by atoms with van der Waals surface area (Å²) >= 11 is 0. The Morgan fingerprint density at radius 2 is 1.54 bits per heavy atom. The highest BCUT2D eigenvalue weighted by Crippen LogP contribution is 2.24. The Hall–Kier alpha value is -2.82. The van der Waals surface area contributed by atoms with Crippen molar-refractivity contribution in [2.75, 3.05) is 13.7 Å². The number of hydrogen-bond donors (Lipinski definition) is 1. The van der Waals surface area contributed by atoms with Crippen LogP contribution in [0.1, 0.15) is 42.7 Å². The van der Waals surface area contributed by atoms with Crippen LogP contribution in [0.2, 0.25) is 0 Å².